The summed E-state index contributed by atoms with van der Waals surface area (Å²) < 4.78 is 133. The van der Waals surface area contributed by atoms with E-state index in [1.165, 1.54) is 0 Å². The normalized spacial score (nSPS) is 15.5. The van der Waals surface area contributed by atoms with E-state index in [4.69, 9.17) is 15.4 Å². The van der Waals surface area contributed by atoms with Crippen LogP contribution in [0.3, 0.4) is 0 Å². The number of rotatable bonds is 5. The monoisotopic (exact) mass is 707 g/mol. The first-order valence-electron chi connectivity index (χ1n) is 23.9. The maximum Gasteiger partial charge on any atom is 0.135 e. The minimum atomic E-state index is -0.620. The van der Waals surface area contributed by atoms with Crippen molar-refractivity contribution in [3.05, 3.63) is 188 Å². The van der Waals surface area contributed by atoms with Gasteiger partial charge in [-0.15, -0.1) is 11.3 Å². The number of hydrogen-bond acceptors (Lipinski definition) is 3. The lowest BCUT2D eigenvalue weighted by Gasteiger charge is -2.26. The molecule has 11 rings (SSSR count). The molecule has 0 saturated carbocycles. The molecule has 53 heavy (non-hydrogen) atoms. The van der Waals surface area contributed by atoms with Gasteiger partial charge in [-0.3, -0.25) is 0 Å². The highest BCUT2D eigenvalue weighted by molar-refractivity contribution is 7.26. The van der Waals surface area contributed by atoms with Crippen molar-refractivity contribution in [2.75, 3.05) is 4.90 Å². The van der Waals surface area contributed by atoms with Crippen LogP contribution in [0, 0.1) is 0 Å². The molecule has 0 aliphatic carbocycles. The van der Waals surface area contributed by atoms with Gasteiger partial charge in [-0.1, -0.05) is 115 Å². The molecular formula is C50H31NOS. The summed E-state index contributed by atoms with van der Waals surface area (Å²) in [7, 11) is 0. The zero-order chi connectivity index (χ0) is 47.1. The van der Waals surface area contributed by atoms with Crippen LogP contribution < -0.4 is 4.90 Å². The third kappa shape index (κ3) is 4.93. The Labute approximate surface area is 330 Å². The molecule has 0 unspecified atom stereocenters. The summed E-state index contributed by atoms with van der Waals surface area (Å²) in [5.41, 5.74) is 2.37. The van der Waals surface area contributed by atoms with Crippen molar-refractivity contribution < 1.29 is 23.6 Å². The average molecular weight is 708 g/mol. The highest BCUT2D eigenvalue weighted by Crippen LogP contribution is 2.47. The third-order valence-electron chi connectivity index (χ3n) is 9.54. The van der Waals surface area contributed by atoms with E-state index in [9.17, 15) is 8.22 Å². The second-order valence-corrected chi connectivity index (χ2v) is 13.6. The quantitative estimate of drug-likeness (QED) is 0.177. The standard InChI is InChI=1S/C50H31NOS/c1-2-13-38(14-3-1)51(39-23-20-33(21-24-39)35-19-18-32-10-4-5-11-34(32)28-35)40-25-27-48-45(31-40)49-43(29-36-12-6-7-15-41(36)50(49)53-48)37-22-26-47-44(30-37)42-16-8-9-17-46(42)52-47/h1-31H/i6D,7D,8D,9D,12D,15D,16D,17D,22D,25D,26D,27D,29D,30D. The van der Waals surface area contributed by atoms with Crippen molar-refractivity contribution in [1.82, 2.24) is 0 Å². The molecule has 9 aromatic carbocycles. The summed E-state index contributed by atoms with van der Waals surface area (Å²) in [4.78, 5) is 1.83. The molecule has 11 aromatic rings. The van der Waals surface area contributed by atoms with Crippen LogP contribution in [-0.2, 0) is 0 Å². The molecule has 2 nitrogen and oxygen atoms in total. The number of furan rings is 1. The molecular weight excluding hydrogens is 663 g/mol. The van der Waals surface area contributed by atoms with Crippen molar-refractivity contribution >= 4 is 92.1 Å². The van der Waals surface area contributed by atoms with Gasteiger partial charge in [-0.25, -0.2) is 0 Å². The van der Waals surface area contributed by atoms with Crippen molar-refractivity contribution in [2.45, 2.75) is 0 Å². The van der Waals surface area contributed by atoms with Crippen LogP contribution in [0.1, 0.15) is 19.2 Å². The fourth-order valence-corrected chi connectivity index (χ4v) is 8.21. The molecule has 0 fully saturated rings. The molecule has 0 N–H and O–H groups in total. The lowest BCUT2D eigenvalue weighted by atomic mass is 9.94. The Balaban J connectivity index is 1.25. The van der Waals surface area contributed by atoms with E-state index < -0.39 is 72.5 Å². The van der Waals surface area contributed by atoms with Crippen LogP contribution in [0.4, 0.5) is 17.1 Å². The number of nitrogens with zero attached hydrogens (tertiary/aromatic N) is 1. The number of fused-ring (bicyclic) bond motifs is 9. The topological polar surface area (TPSA) is 16.4 Å². The van der Waals surface area contributed by atoms with Gasteiger partial charge in [0.05, 0.1) is 19.2 Å². The Morgan fingerprint density at radius 1 is 0.472 bits per heavy atom. The Morgan fingerprint density at radius 2 is 1.21 bits per heavy atom. The molecule has 248 valence electrons. The predicted molar refractivity (Wildman–Crippen MR) is 227 cm³/mol. The van der Waals surface area contributed by atoms with E-state index in [-0.39, 0.29) is 81.8 Å². The fourth-order valence-electron chi connectivity index (χ4n) is 7.07. The van der Waals surface area contributed by atoms with Crippen LogP contribution in [0.5, 0.6) is 0 Å². The maximum absolute atomic E-state index is 9.84. The molecule has 3 heteroatoms. The van der Waals surface area contributed by atoms with Crippen LogP contribution in [0.25, 0.3) is 85.9 Å². The van der Waals surface area contributed by atoms with Crippen molar-refractivity contribution in [2.24, 2.45) is 0 Å². The summed E-state index contributed by atoms with van der Waals surface area (Å²) in [6.45, 7) is 0. The molecule has 0 atom stereocenters. The number of anilines is 3. The molecule has 2 aromatic heterocycles. The molecule has 2 heterocycles. The van der Waals surface area contributed by atoms with Crippen LogP contribution >= 0.6 is 11.3 Å². The largest absolute Gasteiger partial charge is 0.456 e. The van der Waals surface area contributed by atoms with Crippen LogP contribution in [0.15, 0.2) is 192 Å². The summed E-state index contributed by atoms with van der Waals surface area (Å²) in [6, 6.07) is 26.1. The van der Waals surface area contributed by atoms with E-state index in [2.05, 4.69) is 30.3 Å². The Kier molecular flexibility index (Phi) is 4.34. The average Bonchev–Trinajstić information content (AvgIpc) is 3.93. The predicted octanol–water partition coefficient (Wildman–Crippen LogP) is 15.1. The summed E-state index contributed by atoms with van der Waals surface area (Å²) in [6.07, 6.45) is 0. The van der Waals surface area contributed by atoms with Crippen LogP contribution in [0.2, 0.25) is 0 Å². The molecule has 0 radical (unpaired) electrons. The van der Waals surface area contributed by atoms with Gasteiger partial charge in [0.15, 0.2) is 0 Å². The zero-order valence-corrected chi connectivity index (χ0v) is 28.4. The second-order valence-electron chi connectivity index (χ2n) is 12.6. The second kappa shape index (κ2) is 11.9. The maximum atomic E-state index is 9.84. The molecule has 0 spiro atoms. The van der Waals surface area contributed by atoms with Crippen molar-refractivity contribution in [3.63, 3.8) is 0 Å². The highest BCUT2D eigenvalue weighted by atomic mass is 32.1. The first-order chi connectivity index (χ1) is 32.1. The fraction of sp³-hybridized carbons (Fsp3) is 0. The first-order valence-corrected chi connectivity index (χ1v) is 17.7. The van der Waals surface area contributed by atoms with Gasteiger partial charge in [0.2, 0.25) is 0 Å². The summed E-state index contributed by atoms with van der Waals surface area (Å²) in [5.74, 6) is 0. The van der Waals surface area contributed by atoms with E-state index >= 15 is 0 Å². The van der Waals surface area contributed by atoms with Gasteiger partial charge >= 0.3 is 0 Å². The Morgan fingerprint density at radius 3 is 2.09 bits per heavy atom. The third-order valence-corrected chi connectivity index (χ3v) is 10.7. The zero-order valence-electron chi connectivity index (χ0n) is 41.6. The van der Waals surface area contributed by atoms with E-state index in [1.807, 2.05) is 71.6 Å². The lowest BCUT2D eigenvalue weighted by Crippen LogP contribution is -2.09. The van der Waals surface area contributed by atoms with Gasteiger partial charge < -0.3 is 9.32 Å². The van der Waals surface area contributed by atoms with Gasteiger partial charge in [0, 0.05) is 48.0 Å². The summed E-state index contributed by atoms with van der Waals surface area (Å²) in [5, 5.41) is 1.99. The van der Waals surface area contributed by atoms with Gasteiger partial charge in [0.25, 0.3) is 0 Å². The first kappa shape index (κ1) is 19.2. The number of para-hydroxylation sites is 2. The lowest BCUT2D eigenvalue weighted by molar-refractivity contribution is 0.669. The minimum absolute atomic E-state index is 0.0271. The van der Waals surface area contributed by atoms with Gasteiger partial charge in [0.1, 0.15) is 11.2 Å². The molecule has 0 amide bonds. The number of hydrogen-bond donors (Lipinski definition) is 0. The SMILES string of the molecule is [2H]c1c([2H])c([2H])c2c(oc3c([2H])c([2H])c(-c4c([2H])c5c([2H])c([2H])c([2H])c([2H])c5c5sc6c([2H])c([2H])c(N(c7ccccc7)c7ccc(-c8ccc9ccccc9c8)cc7)cc6c45)c([2H])c32)c1[2H]. The minimum Gasteiger partial charge on any atom is -0.456 e. The van der Waals surface area contributed by atoms with Crippen molar-refractivity contribution in [1.29, 1.82) is 0 Å². The molecule has 0 aliphatic heterocycles. The molecule has 0 saturated heterocycles. The Bertz CT molecular complexity index is 3980. The van der Waals surface area contributed by atoms with E-state index in [0.717, 1.165) is 33.2 Å². The number of thiophene rings is 1. The number of benzene rings is 9. The smallest absolute Gasteiger partial charge is 0.135 e. The van der Waals surface area contributed by atoms with Gasteiger partial charge in [-0.2, -0.15) is 0 Å². The molecule has 0 bridgehead atoms. The van der Waals surface area contributed by atoms with Crippen molar-refractivity contribution in [3.8, 4) is 22.3 Å². The summed E-state index contributed by atoms with van der Waals surface area (Å²) >= 11 is 0.985. The highest BCUT2D eigenvalue weighted by Gasteiger charge is 2.19. The van der Waals surface area contributed by atoms with E-state index in [1.54, 1.807) is 6.07 Å². The van der Waals surface area contributed by atoms with E-state index in [0.29, 0.717) is 11.4 Å². The van der Waals surface area contributed by atoms with Crippen LogP contribution in [-0.4, -0.2) is 0 Å². The van der Waals surface area contributed by atoms with Gasteiger partial charge in [-0.05, 0) is 116 Å². The Hall–Kier alpha value is -6.68. The molecule has 0 aliphatic rings.